The molecule has 0 saturated heterocycles. The molecular formula is C25H25N3O4S2. The Labute approximate surface area is 202 Å². The van der Waals surface area contributed by atoms with Gasteiger partial charge >= 0.3 is 0 Å². The second-order valence-corrected chi connectivity index (χ2v) is 10.6. The van der Waals surface area contributed by atoms with Gasteiger partial charge in [-0.25, -0.2) is 13.4 Å². The molecule has 3 aromatic carbocycles. The Morgan fingerprint density at radius 3 is 2.50 bits per heavy atom. The number of nitrogens with one attached hydrogen (secondary N) is 2. The maximum absolute atomic E-state index is 13.0. The van der Waals surface area contributed by atoms with Gasteiger partial charge in [0.05, 0.1) is 27.2 Å². The molecular weight excluding hydrogens is 470 g/mol. The summed E-state index contributed by atoms with van der Waals surface area (Å²) in [6.07, 6.45) is 1.68. The van der Waals surface area contributed by atoms with E-state index in [-0.39, 0.29) is 10.8 Å². The fourth-order valence-corrected chi connectivity index (χ4v) is 5.83. The second-order valence-electron chi connectivity index (χ2n) is 7.79. The van der Waals surface area contributed by atoms with Crippen molar-refractivity contribution in [3.05, 3.63) is 77.3 Å². The summed E-state index contributed by atoms with van der Waals surface area (Å²) in [5, 5.41) is 3.81. The van der Waals surface area contributed by atoms with Crippen LogP contribution in [-0.2, 0) is 21.2 Å². The van der Waals surface area contributed by atoms with Gasteiger partial charge in [-0.2, -0.15) is 0 Å². The van der Waals surface area contributed by atoms with Crippen molar-refractivity contribution in [2.75, 3.05) is 17.1 Å². The first-order valence-electron chi connectivity index (χ1n) is 10.8. The van der Waals surface area contributed by atoms with E-state index in [1.165, 1.54) is 6.07 Å². The number of nitrogens with zero attached hydrogens (tertiary/aromatic N) is 1. The molecule has 34 heavy (non-hydrogen) atoms. The van der Waals surface area contributed by atoms with Gasteiger partial charge in [0.2, 0.25) is 5.91 Å². The van der Waals surface area contributed by atoms with Crippen LogP contribution in [0.5, 0.6) is 5.75 Å². The Morgan fingerprint density at radius 1 is 1.03 bits per heavy atom. The lowest BCUT2D eigenvalue weighted by Gasteiger charge is -2.13. The van der Waals surface area contributed by atoms with Gasteiger partial charge in [0.1, 0.15) is 5.75 Å². The van der Waals surface area contributed by atoms with Crippen LogP contribution >= 0.6 is 11.3 Å². The van der Waals surface area contributed by atoms with E-state index in [0.717, 1.165) is 15.2 Å². The molecule has 0 bridgehead atoms. The van der Waals surface area contributed by atoms with Crippen molar-refractivity contribution >= 4 is 48.9 Å². The van der Waals surface area contributed by atoms with E-state index in [1.807, 2.05) is 24.3 Å². The number of aryl methyl sites for hydroxylation is 2. The topological polar surface area (TPSA) is 97.4 Å². The summed E-state index contributed by atoms with van der Waals surface area (Å²) in [5.74, 6) is 0.461. The standard InChI is InChI=1S/C25H25N3O4S2/c1-17-10-11-19(16-23(17)34(30,31)28-18-12-14-20(32-2)15-13-18)26-24(29)8-5-9-25-27-21-6-3-4-7-22(21)33-25/h3-4,6-7,10-16,28H,5,8-9H2,1-2H3,(H,26,29). The van der Waals surface area contributed by atoms with E-state index in [4.69, 9.17) is 4.74 Å². The number of para-hydroxylation sites is 1. The van der Waals surface area contributed by atoms with Crippen molar-refractivity contribution in [1.29, 1.82) is 0 Å². The molecule has 0 unspecified atom stereocenters. The number of fused-ring (bicyclic) bond motifs is 1. The van der Waals surface area contributed by atoms with Gasteiger partial charge < -0.3 is 10.1 Å². The molecule has 0 aliphatic carbocycles. The zero-order chi connectivity index (χ0) is 24.1. The summed E-state index contributed by atoms with van der Waals surface area (Å²) in [6.45, 7) is 1.71. The maximum Gasteiger partial charge on any atom is 0.262 e. The van der Waals surface area contributed by atoms with Gasteiger partial charge in [0.15, 0.2) is 0 Å². The number of carbonyl (C=O) groups excluding carboxylic acids is 1. The fourth-order valence-electron chi connectivity index (χ4n) is 3.49. The number of anilines is 2. The smallest absolute Gasteiger partial charge is 0.262 e. The Bertz CT molecular complexity index is 1380. The van der Waals surface area contributed by atoms with E-state index >= 15 is 0 Å². The summed E-state index contributed by atoms with van der Waals surface area (Å²) in [4.78, 5) is 17.2. The van der Waals surface area contributed by atoms with Crippen LogP contribution in [-0.4, -0.2) is 26.4 Å². The molecule has 7 nitrogen and oxygen atoms in total. The molecule has 1 amide bonds. The third kappa shape index (κ3) is 5.73. The molecule has 176 valence electrons. The van der Waals surface area contributed by atoms with Crippen LogP contribution < -0.4 is 14.8 Å². The first kappa shape index (κ1) is 23.7. The minimum absolute atomic E-state index is 0.107. The first-order valence-corrected chi connectivity index (χ1v) is 13.1. The molecule has 1 heterocycles. The minimum atomic E-state index is -3.84. The van der Waals surface area contributed by atoms with Crippen molar-refractivity contribution < 1.29 is 17.9 Å². The lowest BCUT2D eigenvalue weighted by molar-refractivity contribution is -0.116. The Kier molecular flexibility index (Phi) is 7.14. The number of hydrogen-bond donors (Lipinski definition) is 2. The highest BCUT2D eigenvalue weighted by molar-refractivity contribution is 7.92. The largest absolute Gasteiger partial charge is 0.497 e. The van der Waals surface area contributed by atoms with Crippen LogP contribution in [0, 0.1) is 6.92 Å². The van der Waals surface area contributed by atoms with E-state index < -0.39 is 10.0 Å². The lowest BCUT2D eigenvalue weighted by Crippen LogP contribution is -2.16. The SMILES string of the molecule is COc1ccc(NS(=O)(=O)c2cc(NC(=O)CCCc3nc4ccccc4s3)ccc2C)cc1. The van der Waals surface area contributed by atoms with E-state index in [9.17, 15) is 13.2 Å². The van der Waals surface area contributed by atoms with Crippen LogP contribution in [0.3, 0.4) is 0 Å². The molecule has 0 radical (unpaired) electrons. The summed E-state index contributed by atoms with van der Waals surface area (Å²) in [6, 6.07) is 19.4. The highest BCUT2D eigenvalue weighted by Gasteiger charge is 2.18. The molecule has 4 rings (SSSR count). The third-order valence-electron chi connectivity index (χ3n) is 5.24. The summed E-state index contributed by atoms with van der Waals surface area (Å²) < 4.78 is 34.7. The third-order valence-corrected chi connectivity index (χ3v) is 7.86. The van der Waals surface area contributed by atoms with Crippen LogP contribution in [0.4, 0.5) is 11.4 Å². The summed E-state index contributed by atoms with van der Waals surface area (Å²) in [5.41, 5.74) is 2.41. The molecule has 0 aliphatic heterocycles. The Hall–Kier alpha value is -3.43. The molecule has 1 aromatic heterocycles. The first-order chi connectivity index (χ1) is 16.3. The Morgan fingerprint density at radius 2 is 1.76 bits per heavy atom. The number of hydrogen-bond acceptors (Lipinski definition) is 6. The van der Waals surface area contributed by atoms with Crippen LogP contribution in [0.2, 0.25) is 0 Å². The molecule has 2 N–H and O–H groups in total. The number of amides is 1. The average Bonchev–Trinajstić information content (AvgIpc) is 3.23. The zero-order valence-electron chi connectivity index (χ0n) is 18.9. The number of carbonyl (C=O) groups is 1. The number of rotatable bonds is 9. The number of aromatic nitrogens is 1. The lowest BCUT2D eigenvalue weighted by atomic mass is 10.2. The van der Waals surface area contributed by atoms with E-state index in [2.05, 4.69) is 15.0 Å². The normalized spacial score (nSPS) is 11.4. The van der Waals surface area contributed by atoms with Crippen LogP contribution in [0.1, 0.15) is 23.4 Å². The number of sulfonamides is 1. The second kappa shape index (κ2) is 10.2. The van der Waals surface area contributed by atoms with Crippen LogP contribution in [0.25, 0.3) is 10.2 Å². The predicted molar refractivity (Wildman–Crippen MR) is 136 cm³/mol. The van der Waals surface area contributed by atoms with Crippen molar-refractivity contribution in [1.82, 2.24) is 4.98 Å². The maximum atomic E-state index is 13.0. The highest BCUT2D eigenvalue weighted by atomic mass is 32.2. The molecule has 4 aromatic rings. The average molecular weight is 496 g/mol. The molecule has 0 aliphatic rings. The van der Waals surface area contributed by atoms with Crippen molar-refractivity contribution in [2.24, 2.45) is 0 Å². The summed E-state index contributed by atoms with van der Waals surface area (Å²) in [7, 11) is -2.29. The van der Waals surface area contributed by atoms with Gasteiger partial charge in [0.25, 0.3) is 10.0 Å². The van der Waals surface area contributed by atoms with Crippen molar-refractivity contribution in [3.63, 3.8) is 0 Å². The van der Waals surface area contributed by atoms with E-state index in [1.54, 1.807) is 61.8 Å². The minimum Gasteiger partial charge on any atom is -0.497 e. The number of benzene rings is 3. The predicted octanol–water partition coefficient (Wildman–Crippen LogP) is 5.38. The monoisotopic (exact) mass is 495 g/mol. The van der Waals surface area contributed by atoms with Gasteiger partial charge in [-0.3, -0.25) is 9.52 Å². The molecule has 0 saturated carbocycles. The highest BCUT2D eigenvalue weighted by Crippen LogP contribution is 2.25. The van der Waals surface area contributed by atoms with Gasteiger partial charge in [0, 0.05) is 17.8 Å². The van der Waals surface area contributed by atoms with Gasteiger partial charge in [-0.1, -0.05) is 18.2 Å². The van der Waals surface area contributed by atoms with Gasteiger partial charge in [-0.05, 0) is 73.9 Å². The number of ether oxygens (including phenoxy) is 1. The van der Waals surface area contributed by atoms with Crippen molar-refractivity contribution in [2.45, 2.75) is 31.1 Å². The van der Waals surface area contributed by atoms with E-state index in [0.29, 0.717) is 42.0 Å². The quantitative estimate of drug-likeness (QED) is 0.325. The fraction of sp³-hybridized carbons (Fsp3) is 0.200. The van der Waals surface area contributed by atoms with Gasteiger partial charge in [-0.15, -0.1) is 11.3 Å². The van der Waals surface area contributed by atoms with Crippen LogP contribution in [0.15, 0.2) is 71.6 Å². The molecule has 0 spiro atoms. The number of methoxy groups -OCH3 is 1. The molecule has 0 atom stereocenters. The Balaban J connectivity index is 1.37. The van der Waals surface area contributed by atoms with Crippen molar-refractivity contribution in [3.8, 4) is 5.75 Å². The zero-order valence-corrected chi connectivity index (χ0v) is 20.5. The number of thiazole rings is 1. The molecule has 9 heteroatoms. The summed E-state index contributed by atoms with van der Waals surface area (Å²) >= 11 is 1.64. The molecule has 0 fully saturated rings.